The van der Waals surface area contributed by atoms with E-state index in [0.717, 1.165) is 22.0 Å². The highest BCUT2D eigenvalue weighted by molar-refractivity contribution is 6.24. The Kier molecular flexibility index (Phi) is 2.29. The zero-order chi connectivity index (χ0) is 13.5. The van der Waals surface area contributed by atoms with Gasteiger partial charge >= 0.3 is 0 Å². The summed E-state index contributed by atoms with van der Waals surface area (Å²) in [4.78, 5) is 22.7. The van der Waals surface area contributed by atoms with Crippen molar-refractivity contribution in [2.24, 2.45) is 0 Å². The first-order valence-corrected chi connectivity index (χ1v) is 6.44. The number of nitrogens with zero attached hydrogens (tertiary/aromatic N) is 3. The monoisotopic (exact) mass is 261 g/mol. The Balaban J connectivity index is 1.85. The fraction of sp³-hybridized carbons (Fsp3) is 0.0625. The van der Waals surface area contributed by atoms with Gasteiger partial charge in [0.2, 0.25) is 0 Å². The second kappa shape index (κ2) is 4.13. The number of amides is 1. The number of benzene rings is 2. The van der Waals surface area contributed by atoms with Crippen molar-refractivity contribution in [3.05, 3.63) is 66.2 Å². The van der Waals surface area contributed by atoms with Gasteiger partial charge in [-0.25, -0.2) is 9.97 Å². The molecule has 0 atom stereocenters. The summed E-state index contributed by atoms with van der Waals surface area (Å²) in [7, 11) is 0. The third-order valence-electron chi connectivity index (χ3n) is 3.57. The zero-order valence-corrected chi connectivity index (χ0v) is 10.7. The Bertz CT molecular complexity index is 809. The molecule has 4 rings (SSSR count). The minimum Gasteiger partial charge on any atom is -0.300 e. The van der Waals surface area contributed by atoms with E-state index in [9.17, 15) is 4.79 Å². The number of anilines is 1. The van der Waals surface area contributed by atoms with Crippen LogP contribution < -0.4 is 4.90 Å². The summed E-state index contributed by atoms with van der Waals surface area (Å²) in [5, 5.41) is 2.11. The molecule has 0 fully saturated rings. The van der Waals surface area contributed by atoms with Crippen LogP contribution in [0.4, 0.5) is 5.69 Å². The molecule has 0 aliphatic carbocycles. The van der Waals surface area contributed by atoms with Crippen molar-refractivity contribution < 1.29 is 4.79 Å². The van der Waals surface area contributed by atoms with Crippen LogP contribution in [-0.4, -0.2) is 15.9 Å². The summed E-state index contributed by atoms with van der Waals surface area (Å²) in [6.45, 7) is 0.396. The number of carbonyl (C=O) groups is 1. The summed E-state index contributed by atoms with van der Waals surface area (Å²) in [5.41, 5.74) is 1.70. The second-order valence-electron chi connectivity index (χ2n) is 4.74. The highest BCUT2D eigenvalue weighted by Gasteiger charge is 2.29. The first-order valence-electron chi connectivity index (χ1n) is 6.44. The summed E-state index contributed by atoms with van der Waals surface area (Å²) in [6.07, 6.45) is 3.38. The normalized spacial score (nSPS) is 13.2. The van der Waals surface area contributed by atoms with Gasteiger partial charge in [0.05, 0.1) is 12.2 Å². The van der Waals surface area contributed by atoms with Crippen molar-refractivity contribution in [2.75, 3.05) is 4.90 Å². The van der Waals surface area contributed by atoms with Gasteiger partial charge in [0, 0.05) is 23.3 Å². The Labute approximate surface area is 115 Å². The molecular formula is C16H11N3O. The van der Waals surface area contributed by atoms with E-state index in [1.54, 1.807) is 23.4 Å². The predicted molar refractivity (Wildman–Crippen MR) is 76.5 cm³/mol. The van der Waals surface area contributed by atoms with Crippen LogP contribution in [0.3, 0.4) is 0 Å². The van der Waals surface area contributed by atoms with Crippen molar-refractivity contribution in [2.45, 2.75) is 6.54 Å². The van der Waals surface area contributed by atoms with E-state index in [1.807, 2.05) is 36.4 Å². The van der Waals surface area contributed by atoms with E-state index in [0.29, 0.717) is 12.4 Å². The molecule has 20 heavy (non-hydrogen) atoms. The van der Waals surface area contributed by atoms with Crippen molar-refractivity contribution in [3.63, 3.8) is 0 Å². The lowest BCUT2D eigenvalue weighted by Crippen LogP contribution is -2.27. The first kappa shape index (κ1) is 11.1. The maximum absolute atomic E-state index is 12.6. The zero-order valence-electron chi connectivity index (χ0n) is 10.7. The highest BCUT2D eigenvalue weighted by atomic mass is 16.2. The van der Waals surface area contributed by atoms with Gasteiger partial charge in [-0.15, -0.1) is 0 Å². The third-order valence-corrected chi connectivity index (χ3v) is 3.57. The van der Waals surface area contributed by atoms with Crippen molar-refractivity contribution in [1.29, 1.82) is 0 Å². The molecule has 96 valence electrons. The largest absolute Gasteiger partial charge is 0.300 e. The van der Waals surface area contributed by atoms with Crippen LogP contribution in [0, 0.1) is 0 Å². The van der Waals surface area contributed by atoms with Gasteiger partial charge in [0.25, 0.3) is 5.91 Å². The predicted octanol–water partition coefficient (Wildman–Crippen LogP) is 2.79. The molecule has 2 heterocycles. The molecule has 1 aliphatic rings. The van der Waals surface area contributed by atoms with Gasteiger partial charge in [-0.05, 0) is 23.6 Å². The molecule has 4 heteroatoms. The van der Waals surface area contributed by atoms with Gasteiger partial charge in [-0.2, -0.15) is 0 Å². The summed E-state index contributed by atoms with van der Waals surface area (Å²) >= 11 is 0. The molecule has 0 spiro atoms. The van der Waals surface area contributed by atoms with E-state index < -0.39 is 0 Å². The van der Waals surface area contributed by atoms with Crippen LogP contribution in [0.2, 0.25) is 0 Å². The molecule has 0 bridgehead atoms. The van der Waals surface area contributed by atoms with Crippen LogP contribution >= 0.6 is 0 Å². The summed E-state index contributed by atoms with van der Waals surface area (Å²) < 4.78 is 0. The maximum atomic E-state index is 12.6. The number of carbonyl (C=O) groups excluding carboxylic acids is 1. The molecule has 1 aliphatic heterocycles. The maximum Gasteiger partial charge on any atom is 0.259 e. The lowest BCUT2D eigenvalue weighted by Gasteiger charge is -2.16. The average molecular weight is 261 g/mol. The molecule has 0 N–H and O–H groups in total. The quantitative estimate of drug-likeness (QED) is 0.712. The van der Waals surface area contributed by atoms with Crippen LogP contribution in [0.15, 0.2) is 54.9 Å². The minimum absolute atomic E-state index is 0.0178. The number of aromatic nitrogens is 2. The van der Waals surface area contributed by atoms with Gasteiger partial charge in [0.1, 0.15) is 5.82 Å². The van der Waals surface area contributed by atoms with Crippen LogP contribution in [0.5, 0.6) is 0 Å². The van der Waals surface area contributed by atoms with Crippen LogP contribution in [0.25, 0.3) is 10.8 Å². The topological polar surface area (TPSA) is 46.1 Å². The Morgan fingerprint density at radius 3 is 2.50 bits per heavy atom. The number of rotatable bonds is 2. The third kappa shape index (κ3) is 1.51. The lowest BCUT2D eigenvalue weighted by atomic mass is 10.1. The summed E-state index contributed by atoms with van der Waals surface area (Å²) in [6, 6.07) is 13.6. The molecule has 2 aromatic carbocycles. The lowest BCUT2D eigenvalue weighted by molar-refractivity contribution is 0.0991. The molecule has 0 saturated carbocycles. The van der Waals surface area contributed by atoms with Gasteiger partial charge < -0.3 is 4.90 Å². The highest BCUT2D eigenvalue weighted by Crippen LogP contribution is 2.37. The van der Waals surface area contributed by atoms with E-state index in [1.165, 1.54) is 0 Å². The Morgan fingerprint density at radius 1 is 0.950 bits per heavy atom. The van der Waals surface area contributed by atoms with E-state index in [4.69, 9.17) is 0 Å². The first-order chi connectivity index (χ1) is 9.84. The van der Waals surface area contributed by atoms with Gasteiger partial charge in [-0.1, -0.05) is 24.3 Å². The number of hydrogen-bond acceptors (Lipinski definition) is 3. The van der Waals surface area contributed by atoms with Gasteiger partial charge in [0.15, 0.2) is 0 Å². The van der Waals surface area contributed by atoms with E-state index in [2.05, 4.69) is 9.97 Å². The van der Waals surface area contributed by atoms with Crippen molar-refractivity contribution in [3.8, 4) is 0 Å². The standard InChI is InChI=1S/C16H11N3O/c20-16-12-6-1-4-11-5-2-7-13(15(11)12)19(16)10-14-17-8-3-9-18-14/h1-9H,10H2. The average Bonchev–Trinajstić information content (AvgIpc) is 2.77. The summed E-state index contributed by atoms with van der Waals surface area (Å²) in [5.74, 6) is 0.662. The minimum atomic E-state index is 0.0178. The molecule has 0 saturated heterocycles. The molecular weight excluding hydrogens is 250 g/mol. The molecule has 4 nitrogen and oxygen atoms in total. The molecule has 0 radical (unpaired) electrons. The van der Waals surface area contributed by atoms with E-state index in [-0.39, 0.29) is 5.91 Å². The van der Waals surface area contributed by atoms with E-state index >= 15 is 0 Å². The Morgan fingerprint density at radius 2 is 1.70 bits per heavy atom. The second-order valence-corrected chi connectivity index (χ2v) is 4.74. The smallest absolute Gasteiger partial charge is 0.259 e. The van der Waals surface area contributed by atoms with Gasteiger partial charge in [-0.3, -0.25) is 4.79 Å². The van der Waals surface area contributed by atoms with Crippen LogP contribution in [-0.2, 0) is 6.54 Å². The number of hydrogen-bond donors (Lipinski definition) is 0. The molecule has 1 aromatic heterocycles. The van der Waals surface area contributed by atoms with Crippen LogP contribution in [0.1, 0.15) is 16.2 Å². The molecule has 1 amide bonds. The van der Waals surface area contributed by atoms with Crippen molar-refractivity contribution >= 4 is 22.4 Å². The fourth-order valence-corrected chi connectivity index (χ4v) is 2.69. The molecule has 0 unspecified atom stereocenters. The fourth-order valence-electron chi connectivity index (χ4n) is 2.69. The SMILES string of the molecule is O=C1c2cccc3cccc(c23)N1Cc1ncccn1. The van der Waals surface area contributed by atoms with Crippen molar-refractivity contribution in [1.82, 2.24) is 9.97 Å². The Hall–Kier alpha value is -2.75. The molecule has 3 aromatic rings.